The highest BCUT2D eigenvalue weighted by Gasteiger charge is 2.28. The fourth-order valence-corrected chi connectivity index (χ4v) is 2.42. The summed E-state index contributed by atoms with van der Waals surface area (Å²) in [5.41, 5.74) is 0. The van der Waals surface area contributed by atoms with E-state index in [1.54, 1.807) is 6.92 Å². The highest BCUT2D eigenvalue weighted by Crippen LogP contribution is 2.24. The number of hydrogen-bond donors (Lipinski definition) is 0. The molecular formula is C16H28O6. The third kappa shape index (κ3) is 8.10. The molecule has 1 fully saturated rings. The maximum atomic E-state index is 11.6. The highest BCUT2D eigenvalue weighted by molar-refractivity contribution is 5.60. The second-order valence-corrected chi connectivity index (χ2v) is 5.96. The summed E-state index contributed by atoms with van der Waals surface area (Å²) in [7, 11) is 0. The third-order valence-corrected chi connectivity index (χ3v) is 3.51. The van der Waals surface area contributed by atoms with Crippen molar-refractivity contribution in [2.45, 2.75) is 71.5 Å². The van der Waals surface area contributed by atoms with Crippen molar-refractivity contribution in [2.24, 2.45) is 5.92 Å². The molecule has 1 rings (SSSR count). The second-order valence-electron chi connectivity index (χ2n) is 5.96. The Kier molecular flexibility index (Phi) is 8.70. The van der Waals surface area contributed by atoms with Gasteiger partial charge in [-0.05, 0) is 44.9 Å². The minimum Gasteiger partial charge on any atom is -0.435 e. The van der Waals surface area contributed by atoms with Crippen LogP contribution in [0.1, 0.15) is 59.3 Å². The zero-order valence-electron chi connectivity index (χ0n) is 13.8. The van der Waals surface area contributed by atoms with Crippen LogP contribution in [-0.2, 0) is 18.9 Å². The molecule has 128 valence electrons. The lowest BCUT2D eigenvalue weighted by molar-refractivity contribution is -0.0341. The van der Waals surface area contributed by atoms with E-state index < -0.39 is 12.3 Å². The lowest BCUT2D eigenvalue weighted by Gasteiger charge is -2.27. The van der Waals surface area contributed by atoms with Crippen molar-refractivity contribution in [2.75, 3.05) is 13.2 Å². The predicted octanol–water partition coefficient (Wildman–Crippen LogP) is 4.06. The van der Waals surface area contributed by atoms with E-state index in [1.807, 2.05) is 0 Å². The number of carbonyl (C=O) groups is 2. The summed E-state index contributed by atoms with van der Waals surface area (Å²) < 4.78 is 20.3. The van der Waals surface area contributed by atoms with Crippen molar-refractivity contribution in [3.05, 3.63) is 0 Å². The largest absolute Gasteiger partial charge is 0.508 e. The molecule has 22 heavy (non-hydrogen) atoms. The van der Waals surface area contributed by atoms with Gasteiger partial charge in [0.05, 0.1) is 13.2 Å². The molecule has 0 aromatic heterocycles. The average molecular weight is 316 g/mol. The molecule has 0 radical (unpaired) electrons. The molecule has 1 aliphatic rings. The highest BCUT2D eigenvalue weighted by atomic mass is 16.7. The summed E-state index contributed by atoms with van der Waals surface area (Å²) in [5, 5.41) is 0. The summed E-state index contributed by atoms with van der Waals surface area (Å²) in [6.07, 6.45) is 2.92. The van der Waals surface area contributed by atoms with Crippen LogP contribution in [0.3, 0.4) is 0 Å². The van der Waals surface area contributed by atoms with Crippen LogP contribution in [0.5, 0.6) is 0 Å². The van der Waals surface area contributed by atoms with Gasteiger partial charge in [-0.2, -0.15) is 0 Å². The molecule has 0 bridgehead atoms. The van der Waals surface area contributed by atoms with Gasteiger partial charge >= 0.3 is 12.3 Å². The van der Waals surface area contributed by atoms with Gasteiger partial charge in [0.1, 0.15) is 12.2 Å². The first kappa shape index (κ1) is 18.6. The predicted molar refractivity (Wildman–Crippen MR) is 80.7 cm³/mol. The topological polar surface area (TPSA) is 71.1 Å². The Morgan fingerprint density at radius 2 is 1.64 bits per heavy atom. The normalized spacial score (nSPS) is 21.3. The van der Waals surface area contributed by atoms with Crippen LogP contribution in [-0.4, -0.2) is 37.7 Å². The molecule has 0 N–H and O–H groups in total. The fraction of sp³-hybridized carbons (Fsp3) is 0.875. The molecule has 1 saturated carbocycles. The Hall–Kier alpha value is -1.46. The fourth-order valence-electron chi connectivity index (χ4n) is 2.42. The van der Waals surface area contributed by atoms with E-state index in [0.717, 1.165) is 32.1 Å². The van der Waals surface area contributed by atoms with Gasteiger partial charge in [0.25, 0.3) is 0 Å². The molecular weight excluding hydrogens is 288 g/mol. The Morgan fingerprint density at radius 1 is 1.05 bits per heavy atom. The van der Waals surface area contributed by atoms with E-state index in [2.05, 4.69) is 13.8 Å². The molecule has 1 aliphatic carbocycles. The molecule has 0 aromatic carbocycles. The van der Waals surface area contributed by atoms with Crippen LogP contribution in [0.4, 0.5) is 9.59 Å². The Labute approximate surface area is 132 Å². The monoisotopic (exact) mass is 316 g/mol. The zero-order valence-corrected chi connectivity index (χ0v) is 13.8. The standard InChI is InChI=1S/C16H28O6/c1-4-19-15(17)21-13-8-5-9-14(11-13)22-16(18)20-10-6-7-12(2)3/h12-14H,4-11H2,1-3H3. The number of hydrogen-bond acceptors (Lipinski definition) is 6. The summed E-state index contributed by atoms with van der Waals surface area (Å²) >= 11 is 0. The summed E-state index contributed by atoms with van der Waals surface area (Å²) in [5.74, 6) is 0.596. The third-order valence-electron chi connectivity index (χ3n) is 3.51. The quantitative estimate of drug-likeness (QED) is 0.521. The van der Waals surface area contributed by atoms with E-state index in [0.29, 0.717) is 18.9 Å². The first-order valence-corrected chi connectivity index (χ1v) is 8.18. The molecule has 0 amide bonds. The lowest BCUT2D eigenvalue weighted by atomic mass is 9.95. The van der Waals surface area contributed by atoms with Gasteiger partial charge in [0.2, 0.25) is 0 Å². The molecule has 0 aliphatic heterocycles. The Balaban J connectivity index is 2.21. The van der Waals surface area contributed by atoms with Crippen LogP contribution >= 0.6 is 0 Å². The number of ether oxygens (including phenoxy) is 4. The van der Waals surface area contributed by atoms with Crippen molar-refractivity contribution < 1.29 is 28.5 Å². The average Bonchev–Trinajstić information content (AvgIpc) is 2.44. The van der Waals surface area contributed by atoms with Crippen molar-refractivity contribution in [3.63, 3.8) is 0 Å². The van der Waals surface area contributed by atoms with Crippen molar-refractivity contribution in [1.29, 1.82) is 0 Å². The smallest absolute Gasteiger partial charge is 0.435 e. The SMILES string of the molecule is CCOC(=O)OC1CCCC(OC(=O)OCCCC(C)C)C1. The zero-order chi connectivity index (χ0) is 16.4. The Morgan fingerprint density at radius 3 is 2.18 bits per heavy atom. The maximum absolute atomic E-state index is 11.6. The number of carbonyl (C=O) groups excluding carboxylic acids is 2. The van der Waals surface area contributed by atoms with Gasteiger partial charge in [-0.15, -0.1) is 0 Å². The molecule has 2 atom stereocenters. The van der Waals surface area contributed by atoms with Gasteiger partial charge in [0.15, 0.2) is 0 Å². The number of rotatable bonds is 7. The van der Waals surface area contributed by atoms with Gasteiger partial charge in [-0.3, -0.25) is 0 Å². The van der Waals surface area contributed by atoms with Crippen LogP contribution in [0.2, 0.25) is 0 Å². The van der Waals surface area contributed by atoms with Gasteiger partial charge in [-0.1, -0.05) is 13.8 Å². The maximum Gasteiger partial charge on any atom is 0.508 e. The van der Waals surface area contributed by atoms with Crippen LogP contribution < -0.4 is 0 Å². The van der Waals surface area contributed by atoms with Gasteiger partial charge < -0.3 is 18.9 Å². The molecule has 2 unspecified atom stereocenters. The van der Waals surface area contributed by atoms with E-state index >= 15 is 0 Å². The molecule has 0 heterocycles. The van der Waals surface area contributed by atoms with E-state index in [1.165, 1.54) is 0 Å². The minimum atomic E-state index is -0.663. The summed E-state index contributed by atoms with van der Waals surface area (Å²) in [4.78, 5) is 22.9. The van der Waals surface area contributed by atoms with E-state index in [9.17, 15) is 9.59 Å². The van der Waals surface area contributed by atoms with Crippen LogP contribution in [0.25, 0.3) is 0 Å². The van der Waals surface area contributed by atoms with Crippen molar-refractivity contribution in [3.8, 4) is 0 Å². The van der Waals surface area contributed by atoms with Crippen LogP contribution in [0, 0.1) is 5.92 Å². The molecule has 6 heteroatoms. The minimum absolute atomic E-state index is 0.258. The first-order valence-electron chi connectivity index (χ1n) is 8.18. The second kappa shape index (κ2) is 10.3. The lowest BCUT2D eigenvalue weighted by Crippen LogP contribution is -2.31. The van der Waals surface area contributed by atoms with E-state index in [4.69, 9.17) is 18.9 Å². The van der Waals surface area contributed by atoms with E-state index in [-0.39, 0.29) is 18.8 Å². The molecule has 0 spiro atoms. The van der Waals surface area contributed by atoms with Gasteiger partial charge in [0, 0.05) is 6.42 Å². The summed E-state index contributed by atoms with van der Waals surface area (Å²) in [6, 6.07) is 0. The molecule has 0 aromatic rings. The van der Waals surface area contributed by atoms with Gasteiger partial charge in [-0.25, -0.2) is 9.59 Å². The Bertz CT molecular complexity index is 342. The first-order chi connectivity index (χ1) is 10.5. The summed E-state index contributed by atoms with van der Waals surface area (Å²) in [6.45, 7) is 6.65. The van der Waals surface area contributed by atoms with Crippen molar-refractivity contribution in [1.82, 2.24) is 0 Å². The van der Waals surface area contributed by atoms with Crippen LogP contribution in [0.15, 0.2) is 0 Å². The molecule has 0 saturated heterocycles. The molecule has 6 nitrogen and oxygen atoms in total. The van der Waals surface area contributed by atoms with Crippen molar-refractivity contribution >= 4 is 12.3 Å².